The van der Waals surface area contributed by atoms with Crippen molar-refractivity contribution in [2.75, 3.05) is 58.2 Å². The van der Waals surface area contributed by atoms with Gasteiger partial charge in [0.2, 0.25) is 23.6 Å². The summed E-state index contributed by atoms with van der Waals surface area (Å²) in [5, 5.41) is 33.8. The van der Waals surface area contributed by atoms with Gasteiger partial charge in [-0.3, -0.25) is 51.7 Å². The van der Waals surface area contributed by atoms with Crippen molar-refractivity contribution in [3.8, 4) is 0 Å². The average Bonchev–Trinajstić information content (AvgIpc) is 1.70. The fourth-order valence-corrected chi connectivity index (χ4v) is 15.3. The maximum atomic E-state index is 14.5. The third kappa shape index (κ3) is 12.6. The second-order valence-corrected chi connectivity index (χ2v) is 26.3. The molecule has 15 N–H and O–H groups in total. The minimum Gasteiger partial charge on any atom is -0.387 e. The highest BCUT2D eigenvalue weighted by Gasteiger charge is 2.58. The molecule has 6 aromatic heterocycles. The number of hydrogen-bond acceptors (Lipinski definition) is 28. The summed E-state index contributed by atoms with van der Waals surface area (Å²) in [6.45, 7) is -3.26. The first-order valence-electron chi connectivity index (χ1n) is 25.0. The van der Waals surface area contributed by atoms with Gasteiger partial charge in [-0.2, -0.15) is 13.6 Å². The molecule has 1 aromatic carbocycles. The van der Waals surface area contributed by atoms with Gasteiger partial charge in [-0.1, -0.05) is 35.3 Å². The number of nitrogens with two attached hydrogens (primary N) is 3. The quantitative estimate of drug-likeness (QED) is 0.0249. The molecule has 43 heteroatoms. The molecule has 3 fully saturated rings. The second-order valence-electron chi connectivity index (χ2n) is 19.7. The Morgan fingerprint density at radius 3 is 2.01 bits per heavy atom. The molecule has 85 heavy (non-hydrogen) atoms. The van der Waals surface area contributed by atoms with Crippen LogP contribution in [0.2, 0.25) is 0 Å². The van der Waals surface area contributed by atoms with Crippen LogP contribution in [0.5, 0.6) is 0 Å². The first kappa shape index (κ1) is 61.7. The number of methoxy groups -OCH3 is 1. The van der Waals surface area contributed by atoms with Crippen LogP contribution in [0, 0.1) is 5.92 Å². The normalized spacial score (nSPS) is 28.2. The molecular weight excluding hydrogens is 1220 g/mol. The Hall–Kier alpha value is -6.38. The number of amides is 1. The van der Waals surface area contributed by atoms with Crippen LogP contribution in [0.3, 0.4) is 0 Å². The summed E-state index contributed by atoms with van der Waals surface area (Å²) in [4.78, 5) is 113. The van der Waals surface area contributed by atoms with Crippen LogP contribution in [-0.2, 0) is 70.7 Å². The summed E-state index contributed by atoms with van der Waals surface area (Å²) in [5.41, 5.74) is 14.5. The van der Waals surface area contributed by atoms with Gasteiger partial charge in [0.1, 0.15) is 54.1 Å². The number of aromatic nitrogens is 12. The number of H-pyrrole nitrogens is 2. The number of imidazole rings is 3. The molecule has 3 aliphatic heterocycles. The number of nitrogen functional groups attached to an aromatic ring is 3. The highest BCUT2D eigenvalue weighted by Crippen LogP contribution is 2.68. The molecule has 0 saturated carbocycles. The van der Waals surface area contributed by atoms with Crippen molar-refractivity contribution < 1.29 is 104 Å². The fourth-order valence-electron chi connectivity index (χ4n) is 10.0. The van der Waals surface area contributed by atoms with Gasteiger partial charge in [0.25, 0.3) is 17.1 Å². The summed E-state index contributed by atoms with van der Waals surface area (Å²) in [7, 11) is -19.7. The van der Waals surface area contributed by atoms with Crippen molar-refractivity contribution in [2.45, 2.75) is 80.0 Å². The molecule has 0 radical (unpaired) electrons. The zero-order chi connectivity index (χ0) is 61.2. The predicted octanol–water partition coefficient (Wildman–Crippen LogP) is -2.40. The van der Waals surface area contributed by atoms with E-state index in [9.17, 15) is 67.5 Å². The van der Waals surface area contributed by atoms with Crippen LogP contribution < -0.4 is 32.9 Å². The number of aromatic amines is 2. The van der Waals surface area contributed by atoms with Gasteiger partial charge < -0.3 is 80.5 Å². The van der Waals surface area contributed by atoms with Gasteiger partial charge in [0.15, 0.2) is 41.4 Å². The molecule has 3 aliphatic rings. The summed E-state index contributed by atoms with van der Waals surface area (Å²) >= 11 is 0. The molecule has 0 bridgehead atoms. The van der Waals surface area contributed by atoms with E-state index in [0.29, 0.717) is 0 Å². The molecule has 7 aromatic rings. The van der Waals surface area contributed by atoms with Gasteiger partial charge in [0, 0.05) is 33.5 Å². The zero-order valence-corrected chi connectivity index (χ0v) is 47.8. The number of nitrogens with one attached hydrogen (secondary N) is 2. The first-order valence-corrected chi connectivity index (χ1v) is 31.1. The highest BCUT2D eigenvalue weighted by atomic mass is 31.3. The average molecular weight is 1280 g/mol. The number of anilines is 3. The molecule has 460 valence electrons. The predicted molar refractivity (Wildman–Crippen MR) is 283 cm³/mol. The van der Waals surface area contributed by atoms with E-state index in [1.165, 1.54) is 39.0 Å². The number of hydrogen-bond donors (Lipinski definition) is 12. The third-order valence-corrected chi connectivity index (χ3v) is 20.1. The van der Waals surface area contributed by atoms with Gasteiger partial charge in [-0.15, -0.1) is 0 Å². The Balaban J connectivity index is 0.839. The van der Waals surface area contributed by atoms with Gasteiger partial charge in [0.05, 0.1) is 45.1 Å². The summed E-state index contributed by atoms with van der Waals surface area (Å²) in [5.74, 6) is -2.56. The number of nitrogens with zero attached hydrogens (tertiary/aromatic N) is 11. The second kappa shape index (κ2) is 23.7. The van der Waals surface area contributed by atoms with E-state index in [4.69, 9.17) is 49.7 Å². The van der Waals surface area contributed by atoms with E-state index >= 15 is 0 Å². The Kier molecular flexibility index (Phi) is 17.2. The molecule has 0 aliphatic carbocycles. The molecule has 6 unspecified atom stereocenters. The Morgan fingerprint density at radius 1 is 0.729 bits per heavy atom. The third-order valence-electron chi connectivity index (χ3n) is 13.9. The zero-order valence-electron chi connectivity index (χ0n) is 44.3. The number of phosphoric ester groups is 2. The number of fused-ring (bicyclic) bond motifs is 3. The molecule has 10 rings (SSSR count). The lowest BCUT2D eigenvalue weighted by atomic mass is 9.94. The van der Waals surface area contributed by atoms with Crippen molar-refractivity contribution >= 4 is 88.2 Å². The van der Waals surface area contributed by atoms with Gasteiger partial charge >= 0.3 is 36.7 Å². The molecule has 3 saturated heterocycles. The number of rotatable bonds is 22. The Labute approximate surface area is 475 Å². The van der Waals surface area contributed by atoms with Gasteiger partial charge in [-0.05, 0) is 5.56 Å². The molecule has 9 heterocycles. The fraction of sp³-hybridized carbons (Fsp3) is 0.476. The summed E-state index contributed by atoms with van der Waals surface area (Å²) in [6.07, 6.45) is -12.4. The molecule has 0 spiro atoms. The number of aliphatic hydroxyl groups is 3. The van der Waals surface area contributed by atoms with Crippen LogP contribution in [0.25, 0.3) is 33.5 Å². The minimum atomic E-state index is -6.28. The molecular formula is C42H55N16O23P4+. The largest absolute Gasteiger partial charge is 0.490 e. The van der Waals surface area contributed by atoms with E-state index < -0.39 is 147 Å². The number of ether oxygens (including phenoxy) is 4. The Bertz CT molecular complexity index is 3980. The van der Waals surface area contributed by atoms with Crippen LogP contribution in [0.1, 0.15) is 30.7 Å². The lowest BCUT2D eigenvalue weighted by Gasteiger charge is -2.28. The minimum absolute atomic E-state index is 0.00496. The maximum absolute atomic E-state index is 14.5. The van der Waals surface area contributed by atoms with Crippen molar-refractivity contribution in [3.63, 3.8) is 0 Å². The van der Waals surface area contributed by atoms with Crippen LogP contribution in [-0.4, -0.2) is 189 Å². The molecule has 1 amide bonds. The first-order chi connectivity index (χ1) is 40.1. The Morgan fingerprint density at radius 2 is 1.34 bits per heavy atom. The maximum Gasteiger partial charge on any atom is 0.490 e. The molecule has 16 atom stereocenters. The number of carbonyl (C=O) groups is 1. The monoisotopic (exact) mass is 1280 g/mol. The van der Waals surface area contributed by atoms with Crippen LogP contribution in [0.15, 0.2) is 65.2 Å². The van der Waals surface area contributed by atoms with E-state index in [-0.39, 0.29) is 57.8 Å². The SMILES string of the molecule is CO[C@H]1[C@H](n2cnc3c(N)ncnc32)OC(COP(=O)(O)OP(=O)(O)OP(=O)(O)OC[C@H]2OC([n+]3cn(Cc4ccccc4)c4c(=O)[nH]c(N)nc43)[C@H](O)[C@@H]2CC(=O)N(C)C)[C@H]1P(=O)(O)OC[C@H]1O[C@@H](n2cnc3c(=O)[nH]c(N)nc32)[C@H](O)[C@@H]1O. The van der Waals surface area contributed by atoms with Crippen molar-refractivity contribution in [1.82, 2.24) is 58.5 Å². The number of benzene rings is 1. The number of aliphatic hydroxyl groups excluding tert-OH is 3. The van der Waals surface area contributed by atoms with Crippen LogP contribution in [0.4, 0.5) is 17.7 Å². The summed E-state index contributed by atoms with van der Waals surface area (Å²) in [6, 6.07) is 8.89. The van der Waals surface area contributed by atoms with E-state index in [1.807, 2.05) is 0 Å². The van der Waals surface area contributed by atoms with Crippen molar-refractivity contribution in [1.29, 1.82) is 0 Å². The lowest BCUT2D eigenvalue weighted by molar-refractivity contribution is -0.745. The topological polar surface area (TPSA) is 553 Å². The van der Waals surface area contributed by atoms with Gasteiger partial charge in [-0.25, -0.2) is 38.2 Å². The van der Waals surface area contributed by atoms with E-state index in [1.54, 1.807) is 30.3 Å². The highest BCUT2D eigenvalue weighted by molar-refractivity contribution is 7.66. The number of phosphoric acid groups is 3. The van der Waals surface area contributed by atoms with E-state index in [2.05, 4.69) is 48.5 Å². The van der Waals surface area contributed by atoms with Crippen LogP contribution >= 0.6 is 31.1 Å². The number of carbonyl (C=O) groups excluding carboxylic acids is 1. The standard InChI is InChI=1S/C42H54N16O23P4/c1-54(2)23(59)9-19-20(77-38(27(19)60)58-17-55(10-18-7-5-4-6-8-18)26-35(58)51-42(45)53-37(26)64)11-75-83(67,68)80-85(71,72)81-84(69,70)76-13-22-31(30(73-3)40(79-22)56-15-48-24-32(43)46-14-47-33(24)56)82(65,66)74-12-21-28(61)29(62)39(78-21)57-16-49-25-34(57)50-41(44)52-36(25)63/h4-8,14-17,19-22,27-31,38-40,60-62H,9-13H2,1-3H3,(H11-,43,44,45,46,47,50,51,52,53,63,64,65,66,67,68,69,70,71,72)/p+1/t19-,20-,21-,22?,27-,28-,29-,30-,31-,38?,39-,40-/m1/s1. The lowest BCUT2D eigenvalue weighted by Crippen LogP contribution is -2.45. The summed E-state index contributed by atoms with van der Waals surface area (Å²) < 4.78 is 108. The smallest absolute Gasteiger partial charge is 0.387 e. The van der Waals surface area contributed by atoms with Crippen molar-refractivity contribution in [2.24, 2.45) is 5.92 Å². The van der Waals surface area contributed by atoms with Crippen molar-refractivity contribution in [3.05, 3.63) is 81.9 Å². The van der Waals surface area contributed by atoms with E-state index in [0.717, 1.165) is 36.2 Å². The molecule has 39 nitrogen and oxygen atoms in total.